The zero-order valence-electron chi connectivity index (χ0n) is 13.6. The third-order valence-electron chi connectivity index (χ3n) is 3.66. The molecule has 1 amide bonds. The highest BCUT2D eigenvalue weighted by atomic mass is 32.2. The van der Waals surface area contributed by atoms with E-state index in [4.69, 9.17) is 5.73 Å². The van der Waals surface area contributed by atoms with E-state index < -0.39 is 21.7 Å². The van der Waals surface area contributed by atoms with E-state index in [1.165, 1.54) is 41.3 Å². The number of primary amides is 1. The molecule has 136 valence electrons. The molecule has 3 rings (SSSR count). The Hall–Kier alpha value is -2.56. The van der Waals surface area contributed by atoms with Gasteiger partial charge in [0.15, 0.2) is 0 Å². The number of carbonyl (C=O) groups excluding carboxylic acids is 1. The van der Waals surface area contributed by atoms with Crippen molar-refractivity contribution in [3.63, 3.8) is 0 Å². The number of halogens is 1. The molecule has 0 fully saturated rings. The number of nitrogens with one attached hydrogen (secondary N) is 1. The number of aromatic nitrogens is 2. The van der Waals surface area contributed by atoms with E-state index in [0.717, 1.165) is 0 Å². The van der Waals surface area contributed by atoms with Gasteiger partial charge in [-0.1, -0.05) is 12.1 Å². The largest absolute Gasteiger partial charge is 0.364 e. The number of nitrogens with two attached hydrogens (primary N) is 1. The van der Waals surface area contributed by atoms with E-state index >= 15 is 0 Å². The number of nitrogens with zero attached hydrogens (tertiary/aromatic N) is 2. The topological polar surface area (TPSA) is 107 Å². The van der Waals surface area contributed by atoms with Crippen LogP contribution in [0.15, 0.2) is 46.8 Å². The smallest absolute Gasteiger partial charge is 0.265 e. The van der Waals surface area contributed by atoms with Gasteiger partial charge >= 0.3 is 0 Å². The van der Waals surface area contributed by atoms with Crippen LogP contribution in [0.4, 0.5) is 4.39 Å². The van der Waals surface area contributed by atoms with Crippen LogP contribution >= 0.6 is 11.3 Å². The van der Waals surface area contributed by atoms with Crippen molar-refractivity contribution in [1.29, 1.82) is 0 Å². The Kier molecular flexibility index (Phi) is 4.90. The second-order valence-electron chi connectivity index (χ2n) is 5.47. The van der Waals surface area contributed by atoms with Gasteiger partial charge in [0.25, 0.3) is 5.91 Å². The fraction of sp³-hybridized carbons (Fsp3) is 0.125. The summed E-state index contributed by atoms with van der Waals surface area (Å²) in [7, 11) is -2.31. The van der Waals surface area contributed by atoms with E-state index in [1.54, 1.807) is 23.6 Å². The van der Waals surface area contributed by atoms with Crippen molar-refractivity contribution in [2.75, 3.05) is 0 Å². The molecular weight excluding hydrogens is 379 g/mol. The van der Waals surface area contributed by atoms with Gasteiger partial charge < -0.3 is 10.3 Å². The molecule has 0 spiro atoms. The van der Waals surface area contributed by atoms with Crippen LogP contribution in [0.3, 0.4) is 0 Å². The quantitative estimate of drug-likeness (QED) is 0.665. The molecule has 0 aliphatic heterocycles. The Balaban J connectivity index is 1.76. The monoisotopic (exact) mass is 394 g/mol. The van der Waals surface area contributed by atoms with E-state index in [9.17, 15) is 17.6 Å². The molecule has 0 saturated heterocycles. The van der Waals surface area contributed by atoms with Crippen molar-refractivity contribution in [1.82, 2.24) is 14.3 Å². The number of benzene rings is 1. The van der Waals surface area contributed by atoms with Crippen molar-refractivity contribution < 1.29 is 17.6 Å². The van der Waals surface area contributed by atoms with Gasteiger partial charge in [0.05, 0.1) is 12.2 Å². The van der Waals surface area contributed by atoms with Crippen LogP contribution in [0, 0.1) is 5.82 Å². The number of sulfonamides is 1. The Labute approximate surface area is 153 Å². The molecule has 3 aromatic rings. The molecule has 0 bridgehead atoms. The molecular formula is C16H15FN4O3S2. The second-order valence-corrected chi connectivity index (χ2v) is 8.18. The summed E-state index contributed by atoms with van der Waals surface area (Å²) in [5, 5.41) is 2.15. The first kappa shape index (κ1) is 18.2. The molecule has 0 radical (unpaired) electrons. The zero-order chi connectivity index (χ0) is 18.9. The van der Waals surface area contributed by atoms with Gasteiger partial charge in [-0.05, 0) is 18.2 Å². The molecule has 0 aliphatic rings. The highest BCUT2D eigenvalue weighted by Gasteiger charge is 2.20. The van der Waals surface area contributed by atoms with E-state index in [0.29, 0.717) is 16.3 Å². The van der Waals surface area contributed by atoms with Gasteiger partial charge in [-0.2, -0.15) is 0 Å². The number of hydrogen-bond acceptors (Lipinski definition) is 5. The van der Waals surface area contributed by atoms with Crippen LogP contribution in [0.1, 0.15) is 15.5 Å². The van der Waals surface area contributed by atoms with Crippen LogP contribution in [0.5, 0.6) is 0 Å². The average Bonchev–Trinajstić information content (AvgIpc) is 3.20. The summed E-state index contributed by atoms with van der Waals surface area (Å²) in [5.41, 5.74) is 6.07. The minimum Gasteiger partial charge on any atom is -0.364 e. The van der Waals surface area contributed by atoms with Crippen molar-refractivity contribution in [2.45, 2.75) is 11.4 Å². The fourth-order valence-corrected chi connectivity index (χ4v) is 4.23. The molecule has 2 aromatic heterocycles. The predicted octanol–water partition coefficient (Wildman–Crippen LogP) is 1.87. The van der Waals surface area contributed by atoms with E-state index in [-0.39, 0.29) is 17.1 Å². The minimum atomic E-state index is -3.84. The summed E-state index contributed by atoms with van der Waals surface area (Å²) < 4.78 is 42.3. The molecule has 3 N–H and O–H groups in total. The van der Waals surface area contributed by atoms with Crippen LogP contribution < -0.4 is 10.5 Å². The number of aryl methyl sites for hydroxylation is 1. The summed E-state index contributed by atoms with van der Waals surface area (Å²) in [6.45, 7) is -0.0533. The maximum atomic E-state index is 13.8. The minimum absolute atomic E-state index is 0.0533. The lowest BCUT2D eigenvalue weighted by molar-refractivity contribution is 0.0992. The Morgan fingerprint density at radius 1 is 1.38 bits per heavy atom. The number of hydrogen-bond donors (Lipinski definition) is 2. The zero-order valence-corrected chi connectivity index (χ0v) is 15.3. The van der Waals surface area contributed by atoms with Gasteiger partial charge in [0, 0.05) is 24.2 Å². The first-order chi connectivity index (χ1) is 12.3. The Morgan fingerprint density at radius 3 is 2.77 bits per heavy atom. The van der Waals surface area contributed by atoms with Gasteiger partial charge in [-0.15, -0.1) is 11.3 Å². The summed E-state index contributed by atoms with van der Waals surface area (Å²) in [5.74, 6) is -1.11. The molecule has 0 saturated carbocycles. The fourth-order valence-electron chi connectivity index (χ4n) is 2.35. The predicted molar refractivity (Wildman–Crippen MR) is 95.5 cm³/mol. The summed E-state index contributed by atoms with van der Waals surface area (Å²) in [6.07, 6.45) is 1.30. The maximum absolute atomic E-state index is 13.8. The number of amides is 1. The molecule has 2 heterocycles. The summed E-state index contributed by atoms with van der Waals surface area (Å²) in [4.78, 5) is 15.4. The van der Waals surface area contributed by atoms with E-state index in [2.05, 4.69) is 9.71 Å². The Bertz CT molecular complexity index is 1070. The van der Waals surface area contributed by atoms with Crippen molar-refractivity contribution in [3.05, 3.63) is 58.4 Å². The van der Waals surface area contributed by atoms with Crippen molar-refractivity contribution in [2.24, 2.45) is 12.8 Å². The Morgan fingerprint density at radius 2 is 2.12 bits per heavy atom. The number of thiazole rings is 1. The van der Waals surface area contributed by atoms with Crippen LogP contribution in [0.25, 0.3) is 11.3 Å². The highest BCUT2D eigenvalue weighted by Crippen LogP contribution is 2.24. The average molecular weight is 394 g/mol. The summed E-state index contributed by atoms with van der Waals surface area (Å²) >= 11 is 1.22. The van der Waals surface area contributed by atoms with Crippen LogP contribution in [0.2, 0.25) is 0 Å². The third kappa shape index (κ3) is 3.66. The lowest BCUT2D eigenvalue weighted by Gasteiger charge is -2.02. The molecule has 0 aliphatic carbocycles. The van der Waals surface area contributed by atoms with Gasteiger partial charge in [-0.25, -0.2) is 22.5 Å². The molecule has 0 unspecified atom stereocenters. The van der Waals surface area contributed by atoms with Crippen molar-refractivity contribution >= 4 is 27.3 Å². The van der Waals surface area contributed by atoms with Crippen LogP contribution in [-0.4, -0.2) is 23.9 Å². The van der Waals surface area contributed by atoms with E-state index in [1.807, 2.05) is 0 Å². The van der Waals surface area contributed by atoms with Crippen LogP contribution in [-0.2, 0) is 23.6 Å². The normalized spacial score (nSPS) is 11.6. The first-order valence-electron chi connectivity index (χ1n) is 7.43. The van der Waals surface area contributed by atoms with Gasteiger partial charge in [0.2, 0.25) is 10.0 Å². The number of carbonyl (C=O) groups is 1. The molecule has 1 aromatic carbocycles. The standard InChI is InChI=1S/C16H15FN4O3S2/c1-21-8-10(6-14(21)16(18)22)26(23,24)19-7-15-20-13(9-25-15)11-4-2-3-5-12(11)17/h2-6,8-9,19H,7H2,1H3,(H2,18,22). The molecule has 0 atom stereocenters. The maximum Gasteiger partial charge on any atom is 0.265 e. The number of rotatable bonds is 6. The SMILES string of the molecule is Cn1cc(S(=O)(=O)NCc2nc(-c3ccccc3F)cs2)cc1C(N)=O. The molecule has 10 heteroatoms. The van der Waals surface area contributed by atoms with Crippen molar-refractivity contribution in [3.8, 4) is 11.3 Å². The van der Waals surface area contributed by atoms with Gasteiger partial charge in [0.1, 0.15) is 21.4 Å². The lowest BCUT2D eigenvalue weighted by Crippen LogP contribution is -2.22. The first-order valence-corrected chi connectivity index (χ1v) is 9.79. The highest BCUT2D eigenvalue weighted by molar-refractivity contribution is 7.89. The third-order valence-corrected chi connectivity index (χ3v) is 5.87. The van der Waals surface area contributed by atoms with Gasteiger partial charge in [-0.3, -0.25) is 4.79 Å². The summed E-state index contributed by atoms with van der Waals surface area (Å²) in [6, 6.07) is 7.43. The molecule has 7 nitrogen and oxygen atoms in total. The molecule has 26 heavy (non-hydrogen) atoms. The lowest BCUT2D eigenvalue weighted by atomic mass is 10.2. The second kappa shape index (κ2) is 6.98.